The number of likely N-dealkylation sites (tertiary alicyclic amines) is 1. The lowest BCUT2D eigenvalue weighted by Crippen LogP contribution is -2.45. The molecular weight excluding hydrogens is 308 g/mol. The number of hydrogen-bond donors (Lipinski definition) is 0. The summed E-state index contributed by atoms with van der Waals surface area (Å²) in [5.41, 5.74) is 0.457. The summed E-state index contributed by atoms with van der Waals surface area (Å²) in [6, 6.07) is 2.39. The van der Waals surface area contributed by atoms with Crippen LogP contribution in [0, 0.1) is 11.3 Å². The Morgan fingerprint density at radius 3 is 3.05 bits per heavy atom. The largest absolute Gasteiger partial charge is 0.338 e. The second kappa shape index (κ2) is 6.20. The summed E-state index contributed by atoms with van der Waals surface area (Å²) in [6.45, 7) is 3.15. The number of rotatable bonds is 3. The number of nitriles is 1. The van der Waals surface area contributed by atoms with E-state index in [9.17, 15) is 4.79 Å². The molecule has 1 aromatic heterocycles. The Morgan fingerprint density at radius 2 is 2.42 bits per heavy atom. The minimum absolute atomic E-state index is 0.0832. The molecule has 1 saturated heterocycles. The quantitative estimate of drug-likeness (QED) is 0.857. The number of nitrogens with zero attached hydrogens (tertiary/aromatic N) is 4. The summed E-state index contributed by atoms with van der Waals surface area (Å²) in [7, 11) is 0. The van der Waals surface area contributed by atoms with Crippen LogP contribution >= 0.6 is 15.9 Å². The number of piperidine rings is 1. The number of carbonyl (C=O) groups excluding carboxylic acids is 1. The zero-order valence-electron chi connectivity index (χ0n) is 11.0. The Hall–Kier alpha value is -1.35. The molecule has 19 heavy (non-hydrogen) atoms. The molecule has 0 spiro atoms. The van der Waals surface area contributed by atoms with E-state index < -0.39 is 0 Å². The van der Waals surface area contributed by atoms with Crippen molar-refractivity contribution in [3.63, 3.8) is 0 Å². The molecular formula is C13H17BrN4O. The van der Waals surface area contributed by atoms with Gasteiger partial charge in [-0.05, 0) is 41.6 Å². The predicted octanol–water partition coefficient (Wildman–Crippen LogP) is 2.31. The number of hydrogen-bond acceptors (Lipinski definition) is 3. The van der Waals surface area contributed by atoms with Gasteiger partial charge in [0.15, 0.2) is 0 Å². The van der Waals surface area contributed by atoms with Crippen molar-refractivity contribution in [1.29, 1.82) is 5.26 Å². The first kappa shape index (κ1) is 14.1. The predicted molar refractivity (Wildman–Crippen MR) is 74.3 cm³/mol. The highest BCUT2D eigenvalue weighted by atomic mass is 79.9. The van der Waals surface area contributed by atoms with Crippen molar-refractivity contribution in [2.24, 2.45) is 0 Å². The molecule has 0 bridgehead atoms. The fourth-order valence-electron chi connectivity index (χ4n) is 2.53. The van der Waals surface area contributed by atoms with Crippen LogP contribution in [0.2, 0.25) is 0 Å². The van der Waals surface area contributed by atoms with E-state index in [1.54, 1.807) is 4.68 Å². The van der Waals surface area contributed by atoms with Gasteiger partial charge in [0, 0.05) is 12.6 Å². The zero-order chi connectivity index (χ0) is 13.8. The Labute approximate surface area is 121 Å². The number of amides is 1. The van der Waals surface area contributed by atoms with Gasteiger partial charge >= 0.3 is 0 Å². The SMILES string of the molecule is CCC1CCCCN1C(=O)Cn1ncc(C#N)c1Br. The second-order valence-corrected chi connectivity index (χ2v) is 5.51. The molecule has 102 valence electrons. The average molecular weight is 325 g/mol. The van der Waals surface area contributed by atoms with Crippen LogP contribution in [0.15, 0.2) is 10.8 Å². The van der Waals surface area contributed by atoms with Crippen LogP contribution < -0.4 is 0 Å². The van der Waals surface area contributed by atoms with Gasteiger partial charge in [-0.2, -0.15) is 10.4 Å². The van der Waals surface area contributed by atoms with Gasteiger partial charge in [0.25, 0.3) is 0 Å². The fraction of sp³-hybridized carbons (Fsp3) is 0.615. The average Bonchev–Trinajstić information content (AvgIpc) is 2.79. The second-order valence-electron chi connectivity index (χ2n) is 4.76. The van der Waals surface area contributed by atoms with Crippen molar-refractivity contribution in [3.8, 4) is 6.07 Å². The van der Waals surface area contributed by atoms with Gasteiger partial charge in [0.1, 0.15) is 22.8 Å². The van der Waals surface area contributed by atoms with E-state index in [2.05, 4.69) is 28.0 Å². The highest BCUT2D eigenvalue weighted by Gasteiger charge is 2.26. The minimum Gasteiger partial charge on any atom is -0.338 e. The minimum atomic E-state index is 0.0832. The molecule has 1 aromatic rings. The van der Waals surface area contributed by atoms with Crippen molar-refractivity contribution >= 4 is 21.8 Å². The van der Waals surface area contributed by atoms with Crippen molar-refractivity contribution in [2.75, 3.05) is 6.54 Å². The lowest BCUT2D eigenvalue weighted by Gasteiger charge is -2.35. The Bertz CT molecular complexity index is 505. The summed E-state index contributed by atoms with van der Waals surface area (Å²) in [5.74, 6) is 0.0832. The summed E-state index contributed by atoms with van der Waals surface area (Å²) in [5, 5.41) is 12.9. The third-order valence-corrected chi connectivity index (χ3v) is 4.44. The fourth-order valence-corrected chi connectivity index (χ4v) is 2.94. The summed E-state index contributed by atoms with van der Waals surface area (Å²) >= 11 is 3.30. The molecule has 6 heteroatoms. The standard InChI is InChI=1S/C13H17BrN4O/c1-2-11-5-3-4-6-17(11)12(19)9-18-13(14)10(7-15)8-16-18/h8,11H,2-6,9H2,1H3. The van der Waals surface area contributed by atoms with Crippen molar-refractivity contribution in [1.82, 2.24) is 14.7 Å². The van der Waals surface area contributed by atoms with E-state index in [0.29, 0.717) is 16.2 Å². The molecule has 1 amide bonds. The van der Waals surface area contributed by atoms with Crippen LogP contribution in [0.5, 0.6) is 0 Å². The zero-order valence-corrected chi connectivity index (χ0v) is 12.6. The number of aromatic nitrogens is 2. The molecule has 0 saturated carbocycles. The molecule has 2 rings (SSSR count). The third-order valence-electron chi connectivity index (χ3n) is 3.60. The topological polar surface area (TPSA) is 61.9 Å². The van der Waals surface area contributed by atoms with E-state index in [0.717, 1.165) is 25.8 Å². The number of carbonyl (C=O) groups is 1. The number of halogens is 1. The first-order chi connectivity index (χ1) is 9.17. The molecule has 0 radical (unpaired) electrons. The highest BCUT2D eigenvalue weighted by Crippen LogP contribution is 2.21. The van der Waals surface area contributed by atoms with Crippen molar-refractivity contribution in [2.45, 2.75) is 45.2 Å². The first-order valence-electron chi connectivity index (χ1n) is 6.58. The van der Waals surface area contributed by atoms with Gasteiger partial charge in [0.05, 0.1) is 6.20 Å². The first-order valence-corrected chi connectivity index (χ1v) is 7.37. The van der Waals surface area contributed by atoms with E-state index in [-0.39, 0.29) is 12.5 Å². The van der Waals surface area contributed by atoms with Crippen LogP contribution in [-0.2, 0) is 11.3 Å². The van der Waals surface area contributed by atoms with Crippen molar-refractivity contribution in [3.05, 3.63) is 16.4 Å². The Kier molecular flexibility index (Phi) is 4.59. The molecule has 0 aliphatic carbocycles. The van der Waals surface area contributed by atoms with E-state index >= 15 is 0 Å². The molecule has 0 N–H and O–H groups in total. The molecule has 1 aliphatic rings. The molecule has 1 fully saturated rings. The Balaban J connectivity index is 2.07. The monoisotopic (exact) mass is 324 g/mol. The molecule has 1 atom stereocenters. The van der Waals surface area contributed by atoms with Gasteiger partial charge < -0.3 is 4.90 Å². The van der Waals surface area contributed by atoms with E-state index in [1.807, 2.05) is 11.0 Å². The van der Waals surface area contributed by atoms with Crippen LogP contribution in [0.25, 0.3) is 0 Å². The lowest BCUT2D eigenvalue weighted by molar-refractivity contribution is -0.135. The summed E-state index contributed by atoms with van der Waals surface area (Å²) < 4.78 is 2.12. The summed E-state index contributed by atoms with van der Waals surface area (Å²) in [4.78, 5) is 14.3. The Morgan fingerprint density at radius 1 is 1.63 bits per heavy atom. The normalized spacial score (nSPS) is 19.2. The van der Waals surface area contributed by atoms with Crippen LogP contribution in [0.4, 0.5) is 0 Å². The highest BCUT2D eigenvalue weighted by molar-refractivity contribution is 9.10. The van der Waals surface area contributed by atoms with Gasteiger partial charge in [-0.3, -0.25) is 4.79 Å². The maximum atomic E-state index is 12.3. The van der Waals surface area contributed by atoms with Gasteiger partial charge in [-0.15, -0.1) is 0 Å². The molecule has 1 unspecified atom stereocenters. The summed E-state index contributed by atoms with van der Waals surface area (Å²) in [6.07, 6.45) is 5.84. The maximum Gasteiger partial charge on any atom is 0.244 e. The van der Waals surface area contributed by atoms with Gasteiger partial charge in [-0.25, -0.2) is 4.68 Å². The smallest absolute Gasteiger partial charge is 0.244 e. The van der Waals surface area contributed by atoms with E-state index in [4.69, 9.17) is 5.26 Å². The molecule has 2 heterocycles. The van der Waals surface area contributed by atoms with Crippen molar-refractivity contribution < 1.29 is 4.79 Å². The van der Waals surface area contributed by atoms with Gasteiger partial charge in [0.2, 0.25) is 5.91 Å². The lowest BCUT2D eigenvalue weighted by atomic mass is 10.00. The van der Waals surface area contributed by atoms with Gasteiger partial charge in [-0.1, -0.05) is 6.92 Å². The maximum absolute atomic E-state index is 12.3. The van der Waals surface area contributed by atoms with Crippen LogP contribution in [-0.4, -0.2) is 33.2 Å². The van der Waals surface area contributed by atoms with Crippen LogP contribution in [0.3, 0.4) is 0 Å². The third kappa shape index (κ3) is 2.98. The molecule has 5 nitrogen and oxygen atoms in total. The van der Waals surface area contributed by atoms with Crippen LogP contribution in [0.1, 0.15) is 38.2 Å². The van der Waals surface area contributed by atoms with E-state index in [1.165, 1.54) is 12.6 Å². The molecule has 1 aliphatic heterocycles. The molecule has 0 aromatic carbocycles.